The van der Waals surface area contributed by atoms with Crippen molar-refractivity contribution in [1.82, 2.24) is 0 Å². The average Bonchev–Trinajstić information content (AvgIpc) is 3.30. The van der Waals surface area contributed by atoms with E-state index in [1.165, 1.54) is 43.3 Å². The molecule has 0 radical (unpaired) electrons. The van der Waals surface area contributed by atoms with E-state index in [0.717, 1.165) is 0 Å². The molecule has 3 aromatic rings. The van der Waals surface area contributed by atoms with E-state index in [9.17, 15) is 28.9 Å². The maximum Gasteiger partial charge on any atom is 0.269 e. The van der Waals surface area contributed by atoms with Gasteiger partial charge in [0.25, 0.3) is 5.69 Å². The Morgan fingerprint density at radius 2 is 1.64 bits per heavy atom. The predicted octanol–water partition coefficient (Wildman–Crippen LogP) is 4.76. The third-order valence-electron chi connectivity index (χ3n) is 7.65. The maximum absolute atomic E-state index is 14.2. The highest BCUT2D eigenvalue weighted by Crippen LogP contribution is 2.60. The molecule has 0 saturated carbocycles. The molecule has 7 nitrogen and oxygen atoms in total. The molecule has 1 spiro atoms. The van der Waals surface area contributed by atoms with E-state index in [1.807, 2.05) is 0 Å². The second-order valence-corrected chi connectivity index (χ2v) is 9.37. The fourth-order valence-electron chi connectivity index (χ4n) is 6.28. The minimum Gasteiger partial charge on any atom is -0.352 e. The summed E-state index contributed by atoms with van der Waals surface area (Å²) in [7, 11) is 0. The Bertz CT molecular complexity index is 1490. The predicted molar refractivity (Wildman–Crippen MR) is 130 cm³/mol. The molecule has 0 unspecified atom stereocenters. The number of fused-ring (bicyclic) bond motifs is 5. The highest BCUT2D eigenvalue weighted by Gasteiger charge is 2.71. The Labute approximate surface area is 205 Å². The van der Waals surface area contributed by atoms with E-state index in [0.29, 0.717) is 16.8 Å². The minimum atomic E-state index is -1.67. The summed E-state index contributed by atoms with van der Waals surface area (Å²) in [6.45, 7) is 1.40. The van der Waals surface area contributed by atoms with E-state index < -0.39 is 34.2 Å². The van der Waals surface area contributed by atoms with Crippen molar-refractivity contribution < 1.29 is 23.7 Å². The largest absolute Gasteiger partial charge is 0.352 e. The highest BCUT2D eigenvalue weighted by molar-refractivity contribution is 6.32. The van der Waals surface area contributed by atoms with Crippen LogP contribution in [0.5, 0.6) is 0 Å². The number of hydrogen-bond acceptors (Lipinski definition) is 6. The van der Waals surface area contributed by atoms with Crippen molar-refractivity contribution in [3.8, 4) is 0 Å². The van der Waals surface area contributed by atoms with Crippen molar-refractivity contribution in [3.63, 3.8) is 0 Å². The number of nitro benzene ring substituents is 1. The molecule has 1 fully saturated rings. The molecule has 6 rings (SSSR count). The molecule has 3 aromatic carbocycles. The number of Topliss-reactive ketones (excluding diaryl/α,β-unsaturated/α-hetero) is 3. The number of carbonyl (C=O) groups excluding carboxylic acids is 3. The Balaban J connectivity index is 1.66. The molecule has 3 aliphatic rings. The van der Waals surface area contributed by atoms with Crippen LogP contribution in [-0.4, -0.2) is 34.4 Å². The maximum atomic E-state index is 14.2. The Hall–Kier alpha value is -4.46. The van der Waals surface area contributed by atoms with Gasteiger partial charge in [-0.2, -0.15) is 0 Å². The average molecular weight is 482 g/mol. The van der Waals surface area contributed by atoms with Gasteiger partial charge in [0.2, 0.25) is 0 Å². The van der Waals surface area contributed by atoms with Crippen LogP contribution in [0, 0.1) is 21.3 Å². The summed E-state index contributed by atoms with van der Waals surface area (Å²) in [5.41, 5.74) is 0.321. The molecular weight excluding hydrogens is 463 g/mol. The van der Waals surface area contributed by atoms with Gasteiger partial charge in [-0.25, -0.2) is 4.39 Å². The van der Waals surface area contributed by atoms with Gasteiger partial charge in [-0.05, 0) is 30.7 Å². The number of benzene rings is 3. The third-order valence-corrected chi connectivity index (χ3v) is 7.65. The molecule has 1 aliphatic carbocycles. The number of rotatable bonds is 3. The van der Waals surface area contributed by atoms with Gasteiger partial charge in [0, 0.05) is 40.4 Å². The molecule has 0 N–H and O–H groups in total. The summed E-state index contributed by atoms with van der Waals surface area (Å²) in [6, 6.07) is 14.7. The molecule has 0 amide bonds. The van der Waals surface area contributed by atoms with Crippen LogP contribution in [0.25, 0.3) is 6.08 Å². The van der Waals surface area contributed by atoms with Crippen LogP contribution < -0.4 is 4.90 Å². The number of nitrogens with zero attached hydrogens (tertiary/aromatic N) is 2. The van der Waals surface area contributed by atoms with Gasteiger partial charge in [0.1, 0.15) is 11.2 Å². The van der Waals surface area contributed by atoms with Crippen molar-refractivity contribution in [2.75, 3.05) is 4.90 Å². The van der Waals surface area contributed by atoms with Crippen molar-refractivity contribution >= 4 is 34.8 Å². The summed E-state index contributed by atoms with van der Waals surface area (Å²) >= 11 is 0. The Morgan fingerprint density at radius 1 is 1.00 bits per heavy atom. The summed E-state index contributed by atoms with van der Waals surface area (Å²) in [5, 5.41) is 11.3. The lowest BCUT2D eigenvalue weighted by Gasteiger charge is -2.37. The molecule has 3 atom stereocenters. The van der Waals surface area contributed by atoms with E-state index >= 15 is 0 Å². The van der Waals surface area contributed by atoms with Crippen LogP contribution >= 0.6 is 0 Å². The number of ketones is 3. The van der Waals surface area contributed by atoms with Gasteiger partial charge in [0.05, 0.1) is 17.0 Å². The Morgan fingerprint density at radius 3 is 2.22 bits per heavy atom. The zero-order valence-electron chi connectivity index (χ0n) is 19.1. The quantitative estimate of drug-likeness (QED) is 0.303. The highest BCUT2D eigenvalue weighted by atomic mass is 19.1. The fourth-order valence-corrected chi connectivity index (χ4v) is 6.28. The zero-order chi connectivity index (χ0) is 25.4. The first-order valence-corrected chi connectivity index (χ1v) is 11.5. The molecule has 8 heteroatoms. The monoisotopic (exact) mass is 482 g/mol. The van der Waals surface area contributed by atoms with Gasteiger partial charge in [-0.15, -0.1) is 0 Å². The van der Waals surface area contributed by atoms with Crippen LogP contribution in [0.3, 0.4) is 0 Å². The number of hydrogen-bond donors (Lipinski definition) is 0. The van der Waals surface area contributed by atoms with Gasteiger partial charge in [-0.3, -0.25) is 24.5 Å². The molecule has 178 valence electrons. The smallest absolute Gasteiger partial charge is 0.269 e. The molecule has 2 aliphatic heterocycles. The molecular formula is C28H19FN2O5. The SMILES string of the molecule is CC(=O)[C@H]1[C@H](c2ccc([N+](=O)[O-])cc2)C2(C(=O)c3ccccc3C2=O)[C@H]2C=Cc3cc(F)ccc3N12. The van der Waals surface area contributed by atoms with Crippen LogP contribution in [-0.2, 0) is 4.79 Å². The molecule has 1 saturated heterocycles. The minimum absolute atomic E-state index is 0.143. The summed E-state index contributed by atoms with van der Waals surface area (Å²) < 4.78 is 14.1. The van der Waals surface area contributed by atoms with E-state index in [-0.39, 0.29) is 34.2 Å². The summed E-state index contributed by atoms with van der Waals surface area (Å²) in [6.07, 6.45) is 3.38. The molecule has 36 heavy (non-hydrogen) atoms. The number of carbonyl (C=O) groups is 3. The van der Waals surface area contributed by atoms with Crippen LogP contribution in [0.2, 0.25) is 0 Å². The molecule has 2 heterocycles. The summed E-state index contributed by atoms with van der Waals surface area (Å²) in [5.74, 6) is -2.42. The van der Waals surface area contributed by atoms with Gasteiger partial charge >= 0.3 is 0 Å². The van der Waals surface area contributed by atoms with Gasteiger partial charge in [-0.1, -0.05) is 48.6 Å². The van der Waals surface area contributed by atoms with Crippen molar-refractivity contribution in [2.45, 2.75) is 24.9 Å². The zero-order valence-corrected chi connectivity index (χ0v) is 19.1. The number of anilines is 1. The lowest BCUT2D eigenvalue weighted by atomic mass is 9.64. The van der Waals surface area contributed by atoms with E-state index in [1.54, 1.807) is 47.4 Å². The lowest BCUT2D eigenvalue weighted by molar-refractivity contribution is -0.384. The first kappa shape index (κ1) is 22.0. The van der Waals surface area contributed by atoms with Crippen molar-refractivity contribution in [3.05, 3.63) is 111 Å². The van der Waals surface area contributed by atoms with Crippen molar-refractivity contribution in [1.29, 1.82) is 0 Å². The Kier molecular flexibility index (Phi) is 4.60. The van der Waals surface area contributed by atoms with Gasteiger partial charge in [0.15, 0.2) is 17.3 Å². The first-order valence-electron chi connectivity index (χ1n) is 11.5. The van der Waals surface area contributed by atoms with Crippen LogP contribution in [0.4, 0.5) is 15.8 Å². The van der Waals surface area contributed by atoms with Crippen LogP contribution in [0.15, 0.2) is 72.8 Å². The normalized spacial score (nSPS) is 22.9. The van der Waals surface area contributed by atoms with E-state index in [2.05, 4.69) is 0 Å². The molecule has 0 aromatic heterocycles. The topological polar surface area (TPSA) is 97.6 Å². The number of halogens is 1. The second-order valence-electron chi connectivity index (χ2n) is 9.37. The number of nitro groups is 1. The number of non-ortho nitro benzene ring substituents is 1. The third kappa shape index (κ3) is 2.69. The standard InChI is InChI=1S/C28H19FN2O5/c1-15(32)25-24(16-6-10-19(11-7-16)31(35)36)28(26(33)20-4-2-3-5-21(20)27(28)34)23-13-8-17-14-18(29)9-12-22(17)30(23)25/h2-14,23-25H,1H3/t23-,24+,25+/m1/s1. The van der Waals surface area contributed by atoms with Crippen LogP contribution in [0.1, 0.15) is 44.7 Å². The lowest BCUT2D eigenvalue weighted by Crippen LogP contribution is -2.48. The van der Waals surface area contributed by atoms with E-state index in [4.69, 9.17) is 0 Å². The first-order chi connectivity index (χ1) is 17.3. The van der Waals surface area contributed by atoms with Gasteiger partial charge < -0.3 is 4.90 Å². The second kappa shape index (κ2) is 7.52. The van der Waals surface area contributed by atoms with Crippen molar-refractivity contribution in [2.24, 2.45) is 5.41 Å². The fraction of sp³-hybridized carbons (Fsp3) is 0.179. The summed E-state index contributed by atoms with van der Waals surface area (Å²) in [4.78, 5) is 54.2. The molecule has 0 bridgehead atoms.